The zero-order chi connectivity index (χ0) is 15.6. The predicted molar refractivity (Wildman–Crippen MR) is 85.2 cm³/mol. The molecule has 2 N–H and O–H groups in total. The van der Waals surface area contributed by atoms with E-state index < -0.39 is 11.8 Å². The minimum atomic E-state index is -1.02. The largest absolute Gasteiger partial charge is 0.478 e. The monoisotopic (exact) mass is 399 g/mol. The lowest BCUT2D eigenvalue weighted by Crippen LogP contribution is -2.14. The van der Waals surface area contributed by atoms with Gasteiger partial charge in [-0.1, -0.05) is 0 Å². The highest BCUT2D eigenvalue weighted by Gasteiger charge is 2.12. The van der Waals surface area contributed by atoms with Crippen LogP contribution in [0, 0.1) is 16.3 Å². The SMILES string of the molecule is Cc1cc(NC(=O)c2ccc(F)cc2I)ccc1C(=O)O. The van der Waals surface area contributed by atoms with Gasteiger partial charge in [0.25, 0.3) is 5.91 Å². The second-order valence-corrected chi connectivity index (χ2v) is 5.58. The number of carbonyl (C=O) groups is 2. The molecule has 0 saturated heterocycles. The Hall–Kier alpha value is -1.96. The van der Waals surface area contributed by atoms with Crippen LogP contribution in [0.5, 0.6) is 0 Å². The van der Waals surface area contributed by atoms with E-state index in [9.17, 15) is 14.0 Å². The number of benzene rings is 2. The van der Waals surface area contributed by atoms with E-state index in [0.717, 1.165) is 0 Å². The normalized spacial score (nSPS) is 10.2. The molecule has 0 bridgehead atoms. The minimum Gasteiger partial charge on any atom is -0.478 e. The number of aromatic carboxylic acids is 1. The standard InChI is InChI=1S/C15H11FINO3/c1-8-6-10(3-5-11(8)15(20)21)18-14(19)12-4-2-9(16)7-13(12)17/h2-7H,1H3,(H,18,19)(H,20,21). The summed E-state index contributed by atoms with van der Waals surface area (Å²) in [6, 6.07) is 8.43. The third-order valence-corrected chi connectivity index (χ3v) is 3.78. The molecule has 0 aromatic heterocycles. The van der Waals surface area contributed by atoms with Crippen LogP contribution in [0.2, 0.25) is 0 Å². The van der Waals surface area contributed by atoms with Crippen molar-refractivity contribution in [3.05, 3.63) is 62.5 Å². The Balaban J connectivity index is 2.23. The lowest BCUT2D eigenvalue weighted by molar-refractivity contribution is 0.0696. The fourth-order valence-electron chi connectivity index (χ4n) is 1.85. The fourth-order valence-corrected chi connectivity index (χ4v) is 2.58. The van der Waals surface area contributed by atoms with Gasteiger partial charge in [0.1, 0.15) is 5.82 Å². The van der Waals surface area contributed by atoms with Gasteiger partial charge in [-0.05, 0) is 71.5 Å². The molecule has 0 aliphatic heterocycles. The van der Waals surface area contributed by atoms with Gasteiger partial charge in [-0.25, -0.2) is 9.18 Å². The molecule has 4 nitrogen and oxygen atoms in total. The van der Waals surface area contributed by atoms with E-state index in [1.165, 1.54) is 30.3 Å². The average molecular weight is 399 g/mol. The number of aryl methyl sites for hydroxylation is 1. The van der Waals surface area contributed by atoms with Crippen LogP contribution >= 0.6 is 22.6 Å². The number of amides is 1. The molecule has 108 valence electrons. The Morgan fingerprint density at radius 2 is 1.81 bits per heavy atom. The Bertz CT molecular complexity index is 731. The number of rotatable bonds is 3. The zero-order valence-electron chi connectivity index (χ0n) is 11.0. The summed E-state index contributed by atoms with van der Waals surface area (Å²) in [4.78, 5) is 23.1. The van der Waals surface area contributed by atoms with Gasteiger partial charge >= 0.3 is 5.97 Å². The fraction of sp³-hybridized carbons (Fsp3) is 0.0667. The molecule has 0 aliphatic rings. The molecule has 0 aliphatic carbocycles. The summed E-state index contributed by atoms with van der Waals surface area (Å²) in [5.74, 6) is -1.79. The summed E-state index contributed by atoms with van der Waals surface area (Å²) < 4.78 is 13.5. The molecule has 6 heteroatoms. The lowest BCUT2D eigenvalue weighted by Gasteiger charge is -2.09. The van der Waals surface area contributed by atoms with E-state index in [4.69, 9.17) is 5.11 Å². The van der Waals surface area contributed by atoms with Gasteiger partial charge in [0.05, 0.1) is 11.1 Å². The van der Waals surface area contributed by atoms with Crippen molar-refractivity contribution in [2.24, 2.45) is 0 Å². The van der Waals surface area contributed by atoms with Crippen molar-refractivity contribution < 1.29 is 19.1 Å². The second-order valence-electron chi connectivity index (χ2n) is 4.41. The molecule has 1 amide bonds. The Kier molecular flexibility index (Phi) is 4.56. The molecule has 2 rings (SSSR count). The highest BCUT2D eigenvalue weighted by molar-refractivity contribution is 14.1. The summed E-state index contributed by atoms with van der Waals surface area (Å²) in [6.45, 7) is 1.65. The van der Waals surface area contributed by atoms with Crippen molar-refractivity contribution >= 4 is 40.2 Å². The molecule has 0 spiro atoms. The first-order valence-electron chi connectivity index (χ1n) is 5.99. The van der Waals surface area contributed by atoms with E-state index in [-0.39, 0.29) is 11.5 Å². The first-order valence-corrected chi connectivity index (χ1v) is 7.06. The van der Waals surface area contributed by atoms with Gasteiger partial charge in [-0.2, -0.15) is 0 Å². The summed E-state index contributed by atoms with van der Waals surface area (Å²) in [5, 5.41) is 11.6. The van der Waals surface area contributed by atoms with Crippen LogP contribution in [0.15, 0.2) is 36.4 Å². The Morgan fingerprint density at radius 1 is 1.14 bits per heavy atom. The van der Waals surface area contributed by atoms with Crippen LogP contribution in [0.3, 0.4) is 0 Å². The number of carboxylic acids is 1. The molecule has 21 heavy (non-hydrogen) atoms. The third-order valence-electron chi connectivity index (χ3n) is 2.89. The van der Waals surface area contributed by atoms with E-state index in [1.54, 1.807) is 13.0 Å². The number of anilines is 1. The second kappa shape index (κ2) is 6.21. The Morgan fingerprint density at radius 3 is 2.38 bits per heavy atom. The summed E-state index contributed by atoms with van der Waals surface area (Å²) >= 11 is 1.89. The van der Waals surface area contributed by atoms with Crippen LogP contribution < -0.4 is 5.32 Å². The van der Waals surface area contributed by atoms with Crippen molar-refractivity contribution in [1.82, 2.24) is 0 Å². The van der Waals surface area contributed by atoms with Crippen LogP contribution in [0.25, 0.3) is 0 Å². The quantitative estimate of drug-likeness (QED) is 0.774. The van der Waals surface area contributed by atoms with E-state index in [0.29, 0.717) is 20.4 Å². The van der Waals surface area contributed by atoms with Gasteiger partial charge in [-0.15, -0.1) is 0 Å². The maximum absolute atomic E-state index is 13.0. The van der Waals surface area contributed by atoms with E-state index in [1.807, 2.05) is 22.6 Å². The van der Waals surface area contributed by atoms with Crippen LogP contribution in [-0.2, 0) is 0 Å². The molecule has 0 fully saturated rings. The third kappa shape index (κ3) is 3.57. The lowest BCUT2D eigenvalue weighted by atomic mass is 10.1. The van der Waals surface area contributed by atoms with E-state index in [2.05, 4.69) is 5.32 Å². The first-order chi connectivity index (χ1) is 9.88. The molecule has 0 radical (unpaired) electrons. The molecular formula is C15H11FINO3. The predicted octanol–water partition coefficient (Wildman–Crippen LogP) is 3.69. The number of carboxylic acid groups (broad SMARTS) is 1. The molecular weight excluding hydrogens is 388 g/mol. The van der Waals surface area contributed by atoms with Crippen molar-refractivity contribution in [3.63, 3.8) is 0 Å². The molecule has 0 heterocycles. The molecule has 2 aromatic rings. The Labute approximate surface area is 134 Å². The summed E-state index contributed by atoms with van der Waals surface area (Å²) in [6.07, 6.45) is 0. The topological polar surface area (TPSA) is 66.4 Å². The highest BCUT2D eigenvalue weighted by atomic mass is 127. The van der Waals surface area contributed by atoms with E-state index >= 15 is 0 Å². The maximum Gasteiger partial charge on any atom is 0.335 e. The maximum atomic E-state index is 13.0. The van der Waals surface area contributed by atoms with Crippen molar-refractivity contribution in [3.8, 4) is 0 Å². The molecule has 0 saturated carbocycles. The van der Waals surface area contributed by atoms with Gasteiger partial charge < -0.3 is 10.4 Å². The van der Waals surface area contributed by atoms with Gasteiger partial charge in [0, 0.05) is 9.26 Å². The van der Waals surface area contributed by atoms with Crippen LogP contribution in [-0.4, -0.2) is 17.0 Å². The van der Waals surface area contributed by atoms with Gasteiger partial charge in [0.15, 0.2) is 0 Å². The zero-order valence-corrected chi connectivity index (χ0v) is 13.1. The molecule has 2 aromatic carbocycles. The highest BCUT2D eigenvalue weighted by Crippen LogP contribution is 2.19. The van der Waals surface area contributed by atoms with Crippen molar-refractivity contribution in [1.29, 1.82) is 0 Å². The molecule has 0 unspecified atom stereocenters. The smallest absolute Gasteiger partial charge is 0.335 e. The number of hydrogen-bond donors (Lipinski definition) is 2. The number of carbonyl (C=O) groups excluding carboxylic acids is 1. The van der Waals surface area contributed by atoms with Crippen LogP contribution in [0.4, 0.5) is 10.1 Å². The number of nitrogens with one attached hydrogen (secondary N) is 1. The summed E-state index contributed by atoms with van der Waals surface area (Å²) in [5.41, 5.74) is 1.58. The van der Waals surface area contributed by atoms with Gasteiger partial charge in [-0.3, -0.25) is 4.79 Å². The average Bonchev–Trinajstić information content (AvgIpc) is 2.37. The summed E-state index contributed by atoms with van der Waals surface area (Å²) in [7, 11) is 0. The van der Waals surface area contributed by atoms with Crippen molar-refractivity contribution in [2.45, 2.75) is 6.92 Å². The molecule has 0 atom stereocenters. The number of halogens is 2. The first kappa shape index (κ1) is 15.4. The number of hydrogen-bond acceptors (Lipinski definition) is 2. The van der Waals surface area contributed by atoms with Crippen LogP contribution in [0.1, 0.15) is 26.3 Å². The van der Waals surface area contributed by atoms with Crippen molar-refractivity contribution in [2.75, 3.05) is 5.32 Å². The van der Waals surface area contributed by atoms with Gasteiger partial charge in [0.2, 0.25) is 0 Å². The minimum absolute atomic E-state index is 0.185.